The van der Waals surface area contributed by atoms with Crippen molar-refractivity contribution in [3.05, 3.63) is 11.6 Å². The van der Waals surface area contributed by atoms with Crippen molar-refractivity contribution >= 4 is 29.9 Å². The van der Waals surface area contributed by atoms with E-state index in [4.69, 9.17) is 0 Å². The predicted octanol–water partition coefficient (Wildman–Crippen LogP) is 3.55. The molecule has 1 unspecified atom stereocenters. The van der Waals surface area contributed by atoms with E-state index in [1.807, 2.05) is 18.5 Å². The number of nitrogens with zero attached hydrogens (tertiary/aromatic N) is 4. The van der Waals surface area contributed by atoms with Crippen LogP contribution in [0.4, 0.5) is 0 Å². The van der Waals surface area contributed by atoms with E-state index in [0.29, 0.717) is 12.6 Å². The number of guanidine groups is 1. The van der Waals surface area contributed by atoms with Gasteiger partial charge in [-0.25, -0.2) is 4.99 Å². The minimum Gasteiger partial charge on any atom is -0.356 e. The van der Waals surface area contributed by atoms with Crippen LogP contribution in [0.1, 0.15) is 70.9 Å². The Morgan fingerprint density at radius 1 is 1.17 bits per heavy atom. The topological polar surface area (TPSA) is 67.1 Å². The molecule has 0 aromatic carbocycles. The maximum absolute atomic E-state index is 4.68. The van der Waals surface area contributed by atoms with Gasteiger partial charge in [0.1, 0.15) is 12.4 Å². The summed E-state index contributed by atoms with van der Waals surface area (Å²) in [6, 6.07) is 0.427. The van der Waals surface area contributed by atoms with Crippen molar-refractivity contribution in [2.45, 2.75) is 78.8 Å². The van der Waals surface area contributed by atoms with Crippen molar-refractivity contribution < 1.29 is 0 Å². The summed E-state index contributed by atoms with van der Waals surface area (Å²) in [5.74, 6) is 2.68. The highest BCUT2D eigenvalue weighted by Gasteiger charge is 2.07. The summed E-state index contributed by atoms with van der Waals surface area (Å²) in [6.45, 7) is 10.1. The molecule has 7 heteroatoms. The zero-order valence-electron chi connectivity index (χ0n) is 15.9. The summed E-state index contributed by atoms with van der Waals surface area (Å²) in [6.07, 6.45) is 7.30. The molecule has 1 rings (SSSR count). The molecule has 24 heavy (non-hydrogen) atoms. The summed E-state index contributed by atoms with van der Waals surface area (Å²) in [7, 11) is 1.98. The zero-order chi connectivity index (χ0) is 17.1. The molecule has 0 radical (unpaired) electrons. The van der Waals surface area contributed by atoms with Crippen molar-refractivity contribution in [1.82, 2.24) is 25.4 Å². The number of aromatic nitrogens is 3. The lowest BCUT2D eigenvalue weighted by Gasteiger charge is -2.18. The molecule has 1 atom stereocenters. The van der Waals surface area contributed by atoms with Crippen molar-refractivity contribution in [1.29, 1.82) is 0 Å². The number of halogens is 1. The summed E-state index contributed by atoms with van der Waals surface area (Å²) in [5.41, 5.74) is 0. The summed E-state index contributed by atoms with van der Waals surface area (Å²) in [4.78, 5) is 4.68. The Morgan fingerprint density at radius 2 is 1.88 bits per heavy atom. The third kappa shape index (κ3) is 8.84. The van der Waals surface area contributed by atoms with Crippen LogP contribution in [0.2, 0.25) is 0 Å². The Bertz CT molecular complexity index is 472. The number of nitrogens with one attached hydrogen (secondary N) is 2. The third-order valence-corrected chi connectivity index (χ3v) is 4.01. The first-order valence-electron chi connectivity index (χ1n) is 8.98. The molecule has 1 aromatic heterocycles. The number of hydrogen-bond donors (Lipinski definition) is 2. The maximum atomic E-state index is 4.68. The van der Waals surface area contributed by atoms with Crippen LogP contribution in [0.3, 0.4) is 0 Å². The Labute approximate surface area is 164 Å². The Hall–Kier alpha value is -0.860. The molecule has 0 amide bonds. The Morgan fingerprint density at radius 3 is 2.46 bits per heavy atom. The second kappa shape index (κ2) is 13.4. The molecule has 0 fully saturated rings. The second-order valence-electron chi connectivity index (χ2n) is 6.21. The molecule has 6 nitrogen and oxygen atoms in total. The van der Waals surface area contributed by atoms with E-state index in [9.17, 15) is 0 Å². The van der Waals surface area contributed by atoms with E-state index < -0.39 is 0 Å². The number of rotatable bonds is 10. The van der Waals surface area contributed by atoms with Crippen LogP contribution in [0.25, 0.3) is 0 Å². The monoisotopic (exact) mass is 450 g/mol. The SMILES string of the molecule is CCCCCC(C)NC(=NCc1nnc(C)n1C)NCCCC.I. The Kier molecular flexibility index (Phi) is 13.0. The lowest BCUT2D eigenvalue weighted by atomic mass is 10.1. The smallest absolute Gasteiger partial charge is 0.191 e. The van der Waals surface area contributed by atoms with Gasteiger partial charge in [0.05, 0.1) is 0 Å². The van der Waals surface area contributed by atoms with Gasteiger partial charge in [-0.15, -0.1) is 34.2 Å². The average molecular weight is 450 g/mol. The molecule has 0 aliphatic carbocycles. The van der Waals surface area contributed by atoms with E-state index in [1.54, 1.807) is 0 Å². The normalized spacial score (nSPS) is 12.6. The first kappa shape index (κ1) is 23.1. The standard InChI is InChI=1S/C17H34N6.HI/c1-6-8-10-11-14(3)20-17(18-12-9-7-2)19-13-16-22-21-15(4)23(16)5;/h14H,6-13H2,1-5H3,(H2,18,19,20);1H. The molecule has 0 aliphatic heterocycles. The van der Waals surface area contributed by atoms with Crippen LogP contribution in [-0.4, -0.2) is 33.3 Å². The number of aliphatic imine (C=N–C) groups is 1. The highest BCUT2D eigenvalue weighted by Crippen LogP contribution is 2.03. The Balaban J connectivity index is 0.00000529. The number of aryl methyl sites for hydroxylation is 1. The highest BCUT2D eigenvalue weighted by molar-refractivity contribution is 14.0. The molecule has 1 aromatic rings. The molecular weight excluding hydrogens is 415 g/mol. The van der Waals surface area contributed by atoms with E-state index in [1.165, 1.54) is 32.1 Å². The summed E-state index contributed by atoms with van der Waals surface area (Å²) in [5, 5.41) is 15.2. The third-order valence-electron chi connectivity index (χ3n) is 4.01. The van der Waals surface area contributed by atoms with Gasteiger partial charge in [0.2, 0.25) is 0 Å². The van der Waals surface area contributed by atoms with E-state index in [-0.39, 0.29) is 24.0 Å². The lowest BCUT2D eigenvalue weighted by Crippen LogP contribution is -2.42. The number of hydrogen-bond acceptors (Lipinski definition) is 3. The predicted molar refractivity (Wildman–Crippen MR) is 112 cm³/mol. The van der Waals surface area contributed by atoms with Gasteiger partial charge < -0.3 is 15.2 Å². The molecule has 1 heterocycles. The fourth-order valence-corrected chi connectivity index (χ4v) is 2.28. The molecule has 0 bridgehead atoms. The van der Waals surface area contributed by atoms with Crippen LogP contribution in [-0.2, 0) is 13.6 Å². The van der Waals surface area contributed by atoms with Crippen LogP contribution >= 0.6 is 24.0 Å². The van der Waals surface area contributed by atoms with Gasteiger partial charge in [-0.2, -0.15) is 0 Å². The van der Waals surface area contributed by atoms with E-state index in [2.05, 4.69) is 46.6 Å². The fourth-order valence-electron chi connectivity index (χ4n) is 2.28. The summed E-state index contributed by atoms with van der Waals surface area (Å²) >= 11 is 0. The van der Waals surface area contributed by atoms with Crippen molar-refractivity contribution in [2.24, 2.45) is 12.0 Å². The van der Waals surface area contributed by atoms with Gasteiger partial charge in [0, 0.05) is 19.6 Å². The summed E-state index contributed by atoms with van der Waals surface area (Å²) < 4.78 is 1.98. The minimum absolute atomic E-state index is 0. The molecule has 0 saturated carbocycles. The largest absolute Gasteiger partial charge is 0.356 e. The lowest BCUT2D eigenvalue weighted by molar-refractivity contribution is 0.544. The van der Waals surface area contributed by atoms with Gasteiger partial charge in [0.25, 0.3) is 0 Å². The molecule has 0 saturated heterocycles. The van der Waals surface area contributed by atoms with Crippen molar-refractivity contribution in [3.63, 3.8) is 0 Å². The fraction of sp³-hybridized carbons (Fsp3) is 0.824. The van der Waals surface area contributed by atoms with E-state index >= 15 is 0 Å². The van der Waals surface area contributed by atoms with Gasteiger partial charge in [-0.3, -0.25) is 0 Å². The van der Waals surface area contributed by atoms with Crippen LogP contribution in [0.15, 0.2) is 4.99 Å². The zero-order valence-corrected chi connectivity index (χ0v) is 18.3. The highest BCUT2D eigenvalue weighted by atomic mass is 127. The van der Waals surface area contributed by atoms with Gasteiger partial charge >= 0.3 is 0 Å². The maximum Gasteiger partial charge on any atom is 0.191 e. The second-order valence-corrected chi connectivity index (χ2v) is 6.21. The van der Waals surface area contributed by atoms with Crippen molar-refractivity contribution in [2.75, 3.05) is 6.54 Å². The molecule has 0 spiro atoms. The minimum atomic E-state index is 0. The molecule has 0 aliphatic rings. The molecule has 140 valence electrons. The molecule has 2 N–H and O–H groups in total. The quantitative estimate of drug-likeness (QED) is 0.248. The number of unbranched alkanes of at least 4 members (excludes halogenated alkanes) is 3. The van der Waals surface area contributed by atoms with Crippen molar-refractivity contribution in [3.8, 4) is 0 Å². The van der Waals surface area contributed by atoms with Gasteiger partial charge in [0.15, 0.2) is 11.8 Å². The van der Waals surface area contributed by atoms with Crippen LogP contribution in [0.5, 0.6) is 0 Å². The first-order valence-corrected chi connectivity index (χ1v) is 8.98. The van der Waals surface area contributed by atoms with E-state index in [0.717, 1.165) is 30.6 Å². The average Bonchev–Trinajstić information content (AvgIpc) is 2.84. The molecular formula is C17H35IN6. The first-order chi connectivity index (χ1) is 11.1. The van der Waals surface area contributed by atoms with Crippen LogP contribution in [0, 0.1) is 6.92 Å². The van der Waals surface area contributed by atoms with Gasteiger partial charge in [-0.1, -0.05) is 39.5 Å². The van der Waals surface area contributed by atoms with Crippen LogP contribution < -0.4 is 10.6 Å². The van der Waals surface area contributed by atoms with Gasteiger partial charge in [-0.05, 0) is 26.7 Å².